The number of amides is 1. The van der Waals surface area contributed by atoms with Crippen LogP contribution in [0.3, 0.4) is 0 Å². The predicted molar refractivity (Wildman–Crippen MR) is 51.7 cm³/mol. The minimum atomic E-state index is -0.928. The second-order valence-electron chi connectivity index (χ2n) is 3.57. The molecule has 2 aliphatic rings. The number of aliphatic carboxylic acids is 1. The van der Waals surface area contributed by atoms with Gasteiger partial charge in [-0.1, -0.05) is 0 Å². The lowest BCUT2D eigenvalue weighted by Gasteiger charge is -2.34. The Labute approximate surface area is 85.6 Å². The highest BCUT2D eigenvalue weighted by Gasteiger charge is 2.45. The van der Waals surface area contributed by atoms with Crippen LogP contribution < -0.4 is 5.73 Å². The molecule has 2 heterocycles. The summed E-state index contributed by atoms with van der Waals surface area (Å²) in [5.74, 6) is -0.653. The highest BCUT2D eigenvalue weighted by Crippen LogP contribution is 2.35. The van der Waals surface area contributed by atoms with E-state index in [1.165, 1.54) is 16.7 Å². The minimum absolute atomic E-state index is 0.0309. The molecule has 1 amide bonds. The summed E-state index contributed by atoms with van der Waals surface area (Å²) in [7, 11) is 0. The molecule has 14 heavy (non-hydrogen) atoms. The van der Waals surface area contributed by atoms with E-state index in [9.17, 15) is 9.59 Å². The zero-order chi connectivity index (χ0) is 10.3. The summed E-state index contributed by atoms with van der Waals surface area (Å²) >= 11 is 1.54. The number of thioether (sulfide) groups is 1. The average molecular weight is 216 g/mol. The number of carboxylic acid groups (broad SMARTS) is 1. The molecule has 5 nitrogen and oxygen atoms in total. The number of nitrogens with two attached hydrogens (primary N) is 1. The zero-order valence-electron chi connectivity index (χ0n) is 7.55. The third-order valence-electron chi connectivity index (χ3n) is 2.67. The van der Waals surface area contributed by atoms with Gasteiger partial charge in [0.05, 0.1) is 11.4 Å². The summed E-state index contributed by atoms with van der Waals surface area (Å²) < 4.78 is 0. The molecule has 0 aliphatic carbocycles. The third-order valence-corrected chi connectivity index (χ3v) is 4.03. The van der Waals surface area contributed by atoms with Gasteiger partial charge in [0.2, 0.25) is 5.91 Å². The summed E-state index contributed by atoms with van der Waals surface area (Å²) in [5.41, 5.74) is 5.60. The van der Waals surface area contributed by atoms with Crippen LogP contribution in [0.5, 0.6) is 0 Å². The van der Waals surface area contributed by atoms with E-state index in [4.69, 9.17) is 10.8 Å². The minimum Gasteiger partial charge on any atom is -0.480 e. The first-order valence-electron chi connectivity index (χ1n) is 4.53. The third kappa shape index (κ3) is 1.38. The van der Waals surface area contributed by atoms with Gasteiger partial charge in [0, 0.05) is 5.75 Å². The van der Waals surface area contributed by atoms with E-state index in [1.54, 1.807) is 0 Å². The summed E-state index contributed by atoms with van der Waals surface area (Å²) in [6, 6.07) is -1.18. The van der Waals surface area contributed by atoms with Crippen molar-refractivity contribution in [3.05, 3.63) is 0 Å². The Bertz CT molecular complexity index is 284. The molecule has 3 N–H and O–H groups in total. The lowest BCUT2D eigenvalue weighted by atomic mass is 10.0. The number of fused-ring (bicyclic) bond motifs is 1. The van der Waals surface area contributed by atoms with E-state index in [0.29, 0.717) is 12.2 Å². The van der Waals surface area contributed by atoms with Crippen molar-refractivity contribution in [2.75, 3.05) is 5.75 Å². The maximum Gasteiger partial charge on any atom is 0.327 e. The average Bonchev–Trinajstić information content (AvgIpc) is 2.55. The Kier molecular flexibility index (Phi) is 2.40. The first kappa shape index (κ1) is 9.79. The number of rotatable bonds is 1. The fourth-order valence-electron chi connectivity index (χ4n) is 1.91. The van der Waals surface area contributed by atoms with E-state index in [0.717, 1.165) is 6.42 Å². The quantitative estimate of drug-likeness (QED) is 0.615. The van der Waals surface area contributed by atoms with Crippen molar-refractivity contribution in [3.8, 4) is 0 Å². The van der Waals surface area contributed by atoms with Crippen molar-refractivity contribution in [1.29, 1.82) is 0 Å². The van der Waals surface area contributed by atoms with Gasteiger partial charge < -0.3 is 15.7 Å². The van der Waals surface area contributed by atoms with Crippen LogP contribution in [-0.4, -0.2) is 45.1 Å². The van der Waals surface area contributed by atoms with Gasteiger partial charge >= 0.3 is 5.97 Å². The Hall–Kier alpha value is -0.750. The number of nitrogens with zero attached hydrogens (tertiary/aromatic N) is 1. The van der Waals surface area contributed by atoms with Crippen LogP contribution in [0.4, 0.5) is 0 Å². The molecule has 0 aromatic heterocycles. The fraction of sp³-hybridized carbons (Fsp3) is 0.750. The molecule has 3 atom stereocenters. The molecule has 0 bridgehead atoms. The molecule has 0 radical (unpaired) electrons. The molecule has 2 fully saturated rings. The molecule has 0 spiro atoms. The Morgan fingerprint density at radius 1 is 1.57 bits per heavy atom. The number of carbonyl (C=O) groups excluding carboxylic acids is 1. The molecule has 78 valence electrons. The molecule has 0 aromatic carbocycles. The largest absolute Gasteiger partial charge is 0.480 e. The monoisotopic (exact) mass is 216 g/mol. The summed E-state index contributed by atoms with van der Waals surface area (Å²) in [4.78, 5) is 24.0. The van der Waals surface area contributed by atoms with Gasteiger partial charge in [-0.3, -0.25) is 4.79 Å². The van der Waals surface area contributed by atoms with E-state index in [2.05, 4.69) is 0 Å². The number of carbonyl (C=O) groups is 2. The molecule has 0 saturated carbocycles. The number of hydrogen-bond donors (Lipinski definition) is 2. The highest BCUT2D eigenvalue weighted by atomic mass is 32.2. The summed E-state index contributed by atoms with van der Waals surface area (Å²) in [6.45, 7) is 0. The summed E-state index contributed by atoms with van der Waals surface area (Å²) in [5, 5.41) is 8.94. The normalized spacial score (nSPS) is 37.1. The zero-order valence-corrected chi connectivity index (χ0v) is 8.37. The Morgan fingerprint density at radius 2 is 2.29 bits per heavy atom. The summed E-state index contributed by atoms with van der Waals surface area (Å²) in [6.07, 6.45) is 1.47. The second-order valence-corrected chi connectivity index (χ2v) is 4.78. The van der Waals surface area contributed by atoms with Crippen molar-refractivity contribution in [1.82, 2.24) is 4.90 Å². The van der Waals surface area contributed by atoms with E-state index >= 15 is 0 Å². The molecule has 2 aliphatic heterocycles. The molecule has 6 heteroatoms. The van der Waals surface area contributed by atoms with Gasteiger partial charge in [-0.05, 0) is 12.8 Å². The van der Waals surface area contributed by atoms with E-state index < -0.39 is 18.1 Å². The van der Waals surface area contributed by atoms with Crippen molar-refractivity contribution in [2.45, 2.75) is 30.3 Å². The van der Waals surface area contributed by atoms with Gasteiger partial charge in [-0.25, -0.2) is 4.79 Å². The molecule has 0 aromatic rings. The Morgan fingerprint density at radius 3 is 2.93 bits per heavy atom. The van der Waals surface area contributed by atoms with Gasteiger partial charge in [-0.2, -0.15) is 0 Å². The molecule has 2 rings (SSSR count). The van der Waals surface area contributed by atoms with Gasteiger partial charge in [0.25, 0.3) is 0 Å². The number of hydrogen-bond acceptors (Lipinski definition) is 4. The van der Waals surface area contributed by atoms with Crippen LogP contribution in [0, 0.1) is 0 Å². The topological polar surface area (TPSA) is 83.6 Å². The van der Waals surface area contributed by atoms with Crippen LogP contribution in [0.15, 0.2) is 0 Å². The highest BCUT2D eigenvalue weighted by molar-refractivity contribution is 8.00. The number of piperidine rings is 1. The van der Waals surface area contributed by atoms with Crippen LogP contribution in [-0.2, 0) is 9.59 Å². The number of carboxylic acids is 1. The van der Waals surface area contributed by atoms with Gasteiger partial charge in [0.1, 0.15) is 6.04 Å². The van der Waals surface area contributed by atoms with E-state index in [-0.39, 0.29) is 11.3 Å². The van der Waals surface area contributed by atoms with Crippen LogP contribution in [0.2, 0.25) is 0 Å². The first-order valence-corrected chi connectivity index (χ1v) is 5.58. The molecule has 0 unspecified atom stereocenters. The van der Waals surface area contributed by atoms with Crippen molar-refractivity contribution in [2.24, 2.45) is 5.73 Å². The van der Waals surface area contributed by atoms with Crippen molar-refractivity contribution < 1.29 is 14.7 Å². The smallest absolute Gasteiger partial charge is 0.327 e. The fourth-order valence-corrected chi connectivity index (χ4v) is 3.33. The van der Waals surface area contributed by atoms with E-state index in [1.807, 2.05) is 0 Å². The van der Waals surface area contributed by atoms with Crippen molar-refractivity contribution in [3.63, 3.8) is 0 Å². The molecule has 2 saturated heterocycles. The lowest BCUT2D eigenvalue weighted by Crippen LogP contribution is -2.55. The lowest BCUT2D eigenvalue weighted by molar-refractivity contribution is -0.151. The standard InChI is InChI=1S/C8H12N2O3S/c9-4-1-2-6-10(7(4)11)5(3-14-6)8(12)13/h4-6H,1-3,9H2,(H,12,13)/t4-,5-,6+/m0/s1. The Balaban J connectivity index is 2.20. The van der Waals surface area contributed by atoms with Crippen LogP contribution >= 0.6 is 11.8 Å². The SMILES string of the molecule is N[C@H]1CC[C@H]2SC[C@@H](C(=O)O)N2C1=O. The first-order chi connectivity index (χ1) is 6.61. The van der Waals surface area contributed by atoms with Crippen LogP contribution in [0.1, 0.15) is 12.8 Å². The predicted octanol–water partition coefficient (Wildman–Crippen LogP) is -0.538. The molecular formula is C8H12N2O3S. The molecular weight excluding hydrogens is 204 g/mol. The second kappa shape index (κ2) is 3.43. The van der Waals surface area contributed by atoms with Gasteiger partial charge in [0.15, 0.2) is 0 Å². The van der Waals surface area contributed by atoms with Gasteiger partial charge in [-0.15, -0.1) is 11.8 Å². The maximum atomic E-state index is 11.6. The maximum absolute atomic E-state index is 11.6. The van der Waals surface area contributed by atoms with Crippen LogP contribution in [0.25, 0.3) is 0 Å². The van der Waals surface area contributed by atoms with Crippen molar-refractivity contribution >= 4 is 23.6 Å².